The second-order valence-corrected chi connectivity index (χ2v) is 6.40. The maximum atomic E-state index is 9.37. The van der Waals surface area contributed by atoms with Crippen LogP contribution < -0.4 is 103 Å². The maximum absolute atomic E-state index is 9.37. The molecule has 126 valence electrons. The van der Waals surface area contributed by atoms with Crippen LogP contribution in [0.2, 0.25) is 0 Å². The minimum atomic E-state index is -5.31. The number of hydrogen-bond acceptors (Lipinski definition) is 12. The molecule has 0 unspecified atom stereocenters. The number of hydrogen-bond donors (Lipinski definition) is 0. The Morgan fingerprint density at radius 2 is 1.00 bits per heavy atom. The van der Waals surface area contributed by atoms with E-state index in [-0.39, 0.29) is 103 Å². The van der Waals surface area contributed by atoms with Crippen molar-refractivity contribution in [2.45, 2.75) is 38.8 Å². The van der Waals surface area contributed by atoms with Crippen molar-refractivity contribution >= 4 is 20.8 Å². The molecule has 0 spiro atoms. The molecular formula is C8H12K2N4O8S2. The zero-order chi connectivity index (χ0) is 18.2. The Labute approximate surface area is 225 Å². The van der Waals surface area contributed by atoms with E-state index in [1.807, 2.05) is 12.1 Å². The van der Waals surface area contributed by atoms with E-state index < -0.39 is 31.9 Å². The molecule has 0 fully saturated rings. The molecule has 0 heterocycles. The number of nitriles is 2. The topological polar surface area (TPSA) is 205 Å². The van der Waals surface area contributed by atoms with Crippen molar-refractivity contribution in [3.05, 3.63) is 0 Å². The van der Waals surface area contributed by atoms with Crippen LogP contribution in [0.15, 0.2) is 10.2 Å². The zero-order valence-corrected chi connectivity index (χ0v) is 21.8. The van der Waals surface area contributed by atoms with Crippen molar-refractivity contribution in [2.75, 3.05) is 0 Å². The normalized spacial score (nSPS) is 11.8. The molecule has 0 atom stereocenters. The van der Waals surface area contributed by atoms with Crippen molar-refractivity contribution < 1.29 is 137 Å². The first kappa shape index (κ1) is 33.2. The van der Waals surface area contributed by atoms with Crippen LogP contribution in [0.5, 0.6) is 0 Å². The first-order valence-electron chi connectivity index (χ1n) is 5.09. The Balaban J connectivity index is -0.000000156. The maximum Gasteiger partial charge on any atom is 1.00 e. The zero-order valence-electron chi connectivity index (χ0n) is 13.9. The minimum Gasteiger partial charge on any atom is -0.724 e. The molecule has 0 aliphatic rings. The molecule has 0 saturated carbocycles. The van der Waals surface area contributed by atoms with Gasteiger partial charge in [-0.1, -0.05) is 0 Å². The van der Waals surface area contributed by atoms with Gasteiger partial charge in [-0.3, -0.25) is 0 Å². The summed E-state index contributed by atoms with van der Waals surface area (Å²) in [6.07, 6.45) is 0. The summed E-state index contributed by atoms with van der Waals surface area (Å²) in [4.78, 5) is 0. The molecule has 0 aromatic carbocycles. The second-order valence-electron chi connectivity index (χ2n) is 4.49. The molecule has 0 amide bonds. The van der Waals surface area contributed by atoms with Gasteiger partial charge in [0.2, 0.25) is 20.8 Å². The molecule has 0 aliphatic carbocycles. The summed E-state index contributed by atoms with van der Waals surface area (Å²) in [7, 11) is -10.6. The molecule has 0 saturated heterocycles. The first-order valence-corrected chi connectivity index (χ1v) is 7.76. The smallest absolute Gasteiger partial charge is 0.724 e. The van der Waals surface area contributed by atoms with E-state index >= 15 is 0 Å². The van der Waals surface area contributed by atoms with E-state index in [1.54, 1.807) is 27.7 Å². The van der Waals surface area contributed by atoms with E-state index in [9.17, 15) is 25.9 Å². The molecular weight excluding hydrogens is 422 g/mol. The minimum absolute atomic E-state index is 0. The Hall–Kier alpha value is 1.59. The van der Waals surface area contributed by atoms with E-state index in [4.69, 9.17) is 10.5 Å². The number of azo groups is 1. The predicted octanol–water partition coefficient (Wildman–Crippen LogP) is -6.09. The standard InChI is InChI=1S/C8H12N4.2K.H2O8S2/c1-7(2,5-9)11-12-8(3,4)6-10;;;1-9(2,3)7-8-10(4,5)6/h1-4H3;;;(H,1,2,3)(H,4,5,6)/q;2*+1;/p-2. The summed E-state index contributed by atoms with van der Waals surface area (Å²) in [5, 5.41) is 24.7. The molecule has 16 heteroatoms. The average molecular weight is 435 g/mol. The largest absolute Gasteiger partial charge is 1.00 e. The summed E-state index contributed by atoms with van der Waals surface area (Å²) in [6.45, 7) is 6.57. The van der Waals surface area contributed by atoms with E-state index in [1.165, 1.54) is 0 Å². The third-order valence-corrected chi connectivity index (χ3v) is 1.85. The van der Waals surface area contributed by atoms with Gasteiger partial charge in [0, 0.05) is 0 Å². The fourth-order valence-corrected chi connectivity index (χ4v) is 0.907. The Morgan fingerprint density at radius 1 is 0.792 bits per heavy atom. The summed E-state index contributed by atoms with van der Waals surface area (Å²) in [6, 6.07) is 3.94. The van der Waals surface area contributed by atoms with Crippen molar-refractivity contribution in [1.82, 2.24) is 0 Å². The molecule has 0 aromatic rings. The predicted molar refractivity (Wildman–Crippen MR) is 65.8 cm³/mol. The molecule has 0 aliphatic heterocycles. The van der Waals surface area contributed by atoms with Crippen LogP contribution in [0.3, 0.4) is 0 Å². The van der Waals surface area contributed by atoms with Gasteiger partial charge in [-0.05, 0) is 27.7 Å². The fraction of sp³-hybridized carbons (Fsp3) is 0.750. The average Bonchev–Trinajstić information content (AvgIpc) is 2.34. The Morgan fingerprint density at radius 3 is 1.12 bits per heavy atom. The van der Waals surface area contributed by atoms with Gasteiger partial charge < -0.3 is 9.11 Å². The van der Waals surface area contributed by atoms with Crippen molar-refractivity contribution in [3.8, 4) is 12.1 Å². The van der Waals surface area contributed by atoms with Crippen molar-refractivity contribution in [1.29, 1.82) is 10.5 Å². The van der Waals surface area contributed by atoms with Gasteiger partial charge in [-0.15, -0.1) is 8.67 Å². The summed E-state index contributed by atoms with van der Waals surface area (Å²) in [5.74, 6) is 0. The Kier molecular flexibility index (Phi) is 19.0. The van der Waals surface area contributed by atoms with Crippen molar-refractivity contribution in [2.24, 2.45) is 10.2 Å². The van der Waals surface area contributed by atoms with Crippen LogP contribution in [-0.2, 0) is 29.5 Å². The monoisotopic (exact) mass is 434 g/mol. The second kappa shape index (κ2) is 13.7. The van der Waals surface area contributed by atoms with Crippen LogP contribution in [0, 0.1) is 22.7 Å². The molecule has 0 bridgehead atoms. The van der Waals surface area contributed by atoms with E-state index in [0.717, 1.165) is 0 Å². The van der Waals surface area contributed by atoms with Gasteiger partial charge in [-0.2, -0.15) is 20.8 Å². The molecule has 12 nitrogen and oxygen atoms in total. The molecule has 24 heavy (non-hydrogen) atoms. The first-order chi connectivity index (χ1) is 9.54. The Bertz CT molecular complexity index is 631. The van der Waals surface area contributed by atoms with E-state index in [0.29, 0.717) is 0 Å². The van der Waals surface area contributed by atoms with Crippen LogP contribution in [0.4, 0.5) is 0 Å². The SMILES string of the molecule is CC(C)(C#N)N=NC(C)(C)C#N.O=S(=O)([O-])OOS(=O)(=O)[O-].[K+].[K+]. The quantitative estimate of drug-likeness (QED) is 0.0999. The number of nitrogens with zero attached hydrogens (tertiary/aromatic N) is 4. The van der Waals surface area contributed by atoms with Gasteiger partial charge in [0.15, 0.2) is 11.1 Å². The fourth-order valence-electron chi connectivity index (χ4n) is 0.363. The third-order valence-electron chi connectivity index (χ3n) is 1.29. The van der Waals surface area contributed by atoms with E-state index in [2.05, 4.69) is 18.9 Å². The summed E-state index contributed by atoms with van der Waals surface area (Å²) in [5.41, 5.74) is -1.68. The summed E-state index contributed by atoms with van der Waals surface area (Å²) >= 11 is 0. The van der Waals surface area contributed by atoms with Gasteiger partial charge in [0.25, 0.3) is 0 Å². The molecule has 0 N–H and O–H groups in total. The van der Waals surface area contributed by atoms with Crippen LogP contribution in [0.25, 0.3) is 0 Å². The van der Waals surface area contributed by atoms with Gasteiger partial charge in [0.05, 0.1) is 12.1 Å². The van der Waals surface area contributed by atoms with Gasteiger partial charge >= 0.3 is 103 Å². The molecule has 0 radical (unpaired) electrons. The molecule has 0 rings (SSSR count). The number of rotatable bonds is 5. The van der Waals surface area contributed by atoms with Crippen LogP contribution in [-0.4, -0.2) is 37.0 Å². The molecule has 0 aromatic heterocycles. The van der Waals surface area contributed by atoms with Crippen molar-refractivity contribution in [3.63, 3.8) is 0 Å². The summed E-state index contributed by atoms with van der Waals surface area (Å²) < 4.78 is 61.5. The third kappa shape index (κ3) is 25.8. The van der Waals surface area contributed by atoms with Gasteiger partial charge in [-0.25, -0.2) is 16.8 Å². The van der Waals surface area contributed by atoms with Gasteiger partial charge in [0.1, 0.15) is 0 Å². The van der Waals surface area contributed by atoms with Crippen LogP contribution in [0.1, 0.15) is 27.7 Å². The van der Waals surface area contributed by atoms with Crippen LogP contribution >= 0.6 is 0 Å².